The zero-order chi connectivity index (χ0) is 31.0. The molecule has 0 saturated heterocycles. The highest BCUT2D eigenvalue weighted by molar-refractivity contribution is 6.18. The minimum absolute atomic E-state index is 0.358. The Morgan fingerprint density at radius 1 is 0.614 bits per heavy atom. The third-order valence-electron chi connectivity index (χ3n) is 6.46. The van der Waals surface area contributed by atoms with E-state index in [1.54, 1.807) is 6.20 Å². The number of nitrogens with one attached hydrogen (secondary N) is 2. The number of hydrogen-bond donors (Lipinski definition) is 2. The van der Waals surface area contributed by atoms with Gasteiger partial charge in [0.15, 0.2) is 0 Å². The molecule has 0 aliphatic rings. The van der Waals surface area contributed by atoms with Gasteiger partial charge in [0.25, 0.3) is 0 Å². The van der Waals surface area contributed by atoms with E-state index in [0.717, 1.165) is 47.5 Å². The molecule has 0 aliphatic heterocycles. The molecule has 0 spiro atoms. The van der Waals surface area contributed by atoms with Crippen molar-refractivity contribution in [2.75, 3.05) is 25.6 Å². The molecular weight excluding hydrogens is 585 g/mol. The van der Waals surface area contributed by atoms with Gasteiger partial charge in [-0.15, -0.1) is 11.6 Å². The van der Waals surface area contributed by atoms with E-state index in [4.69, 9.17) is 16.3 Å². The van der Waals surface area contributed by atoms with Gasteiger partial charge < -0.3 is 15.4 Å². The molecule has 9 heteroatoms. The number of nitrogens with zero attached hydrogens (tertiary/aromatic N) is 2. The first-order valence-electron chi connectivity index (χ1n) is 14.2. The number of hydrogen-bond acceptors (Lipinski definition) is 5. The van der Waals surface area contributed by atoms with E-state index in [1.807, 2.05) is 67.1 Å². The quantitative estimate of drug-likeness (QED) is 0.110. The van der Waals surface area contributed by atoms with Crippen molar-refractivity contribution in [2.24, 2.45) is 0 Å². The van der Waals surface area contributed by atoms with E-state index in [0.29, 0.717) is 31.3 Å². The molecule has 2 N–H and O–H groups in total. The Morgan fingerprint density at radius 2 is 1.11 bits per heavy atom. The van der Waals surface area contributed by atoms with Gasteiger partial charge in [0.1, 0.15) is 12.4 Å². The summed E-state index contributed by atoms with van der Waals surface area (Å²) < 4.78 is 43.0. The number of ether oxygens (including phenoxy) is 1. The van der Waals surface area contributed by atoms with Crippen molar-refractivity contribution in [3.05, 3.63) is 139 Å². The third kappa shape index (κ3) is 10.8. The molecule has 0 fully saturated rings. The maximum Gasteiger partial charge on any atom is 0.416 e. The molecule has 0 amide bonds. The summed E-state index contributed by atoms with van der Waals surface area (Å²) in [5.74, 6) is 1.05. The number of halogens is 4. The van der Waals surface area contributed by atoms with Crippen LogP contribution in [0.5, 0.6) is 5.75 Å². The Hall–Kier alpha value is -4.24. The van der Waals surface area contributed by atoms with Crippen LogP contribution in [0, 0.1) is 0 Å². The van der Waals surface area contributed by atoms with Crippen LogP contribution >= 0.6 is 11.6 Å². The molecule has 5 nitrogen and oxygen atoms in total. The van der Waals surface area contributed by atoms with Gasteiger partial charge in [0, 0.05) is 68.0 Å². The van der Waals surface area contributed by atoms with Crippen molar-refractivity contribution in [1.29, 1.82) is 0 Å². The van der Waals surface area contributed by atoms with Gasteiger partial charge in [-0.05, 0) is 58.7 Å². The molecule has 0 atom stereocenters. The average molecular weight is 619 g/mol. The smallest absolute Gasteiger partial charge is 0.416 e. The normalized spacial score (nSPS) is 11.0. The Bertz CT molecular complexity index is 1540. The number of alkyl halides is 4. The third-order valence-corrected chi connectivity index (χ3v) is 6.65. The van der Waals surface area contributed by atoms with Crippen LogP contribution in [0.2, 0.25) is 0 Å². The minimum Gasteiger partial charge on any atom is -0.492 e. The molecule has 3 aromatic carbocycles. The van der Waals surface area contributed by atoms with E-state index < -0.39 is 11.7 Å². The summed E-state index contributed by atoms with van der Waals surface area (Å²) in [6.45, 7) is 3.18. The second-order valence-corrected chi connectivity index (χ2v) is 10.2. The van der Waals surface area contributed by atoms with Crippen molar-refractivity contribution in [1.82, 2.24) is 20.6 Å². The van der Waals surface area contributed by atoms with Gasteiger partial charge in [-0.25, -0.2) is 0 Å². The summed E-state index contributed by atoms with van der Waals surface area (Å²) in [6.07, 6.45) is 3.07. The lowest BCUT2D eigenvalue weighted by Gasteiger charge is -2.10. The van der Waals surface area contributed by atoms with Crippen molar-refractivity contribution in [3.8, 4) is 28.0 Å². The van der Waals surface area contributed by atoms with E-state index in [-0.39, 0.29) is 0 Å². The SMILES string of the molecule is ClCCNCc1cncc(-c2ccccc2)c1.FC(F)(F)c1ccc(OCCNCc2cncc(-c3ccccc3)c2)cc1. The van der Waals surface area contributed by atoms with E-state index in [1.165, 1.54) is 23.3 Å². The fraction of sp³-hybridized carbons (Fsp3) is 0.200. The highest BCUT2D eigenvalue weighted by atomic mass is 35.5. The Balaban J connectivity index is 0.000000223. The molecule has 0 aliphatic carbocycles. The van der Waals surface area contributed by atoms with Gasteiger partial charge in [-0.2, -0.15) is 13.2 Å². The summed E-state index contributed by atoms with van der Waals surface area (Å²) in [6, 6.07) is 29.2. The lowest BCUT2D eigenvalue weighted by molar-refractivity contribution is -0.137. The van der Waals surface area contributed by atoms with Crippen LogP contribution in [-0.4, -0.2) is 35.5 Å². The first-order valence-corrected chi connectivity index (χ1v) is 14.7. The molecule has 0 saturated carbocycles. The van der Waals surface area contributed by atoms with Crippen LogP contribution in [0.25, 0.3) is 22.3 Å². The largest absolute Gasteiger partial charge is 0.492 e. The van der Waals surface area contributed by atoms with Crippen LogP contribution in [0.15, 0.2) is 122 Å². The molecule has 228 valence electrons. The van der Waals surface area contributed by atoms with Crippen LogP contribution in [0.3, 0.4) is 0 Å². The minimum atomic E-state index is -4.33. The Labute approximate surface area is 261 Å². The predicted octanol–water partition coefficient (Wildman–Crippen LogP) is 8.01. The first-order chi connectivity index (χ1) is 21.4. The highest BCUT2D eigenvalue weighted by Crippen LogP contribution is 2.30. The summed E-state index contributed by atoms with van der Waals surface area (Å²) >= 11 is 5.62. The number of pyridine rings is 2. The van der Waals surface area contributed by atoms with Gasteiger partial charge in [-0.3, -0.25) is 9.97 Å². The van der Waals surface area contributed by atoms with E-state index in [2.05, 4.69) is 44.9 Å². The first kappa shape index (κ1) is 32.7. The van der Waals surface area contributed by atoms with Crippen molar-refractivity contribution in [2.45, 2.75) is 19.3 Å². The Kier molecular flexibility index (Phi) is 12.7. The maximum absolute atomic E-state index is 12.5. The van der Waals surface area contributed by atoms with Crippen LogP contribution < -0.4 is 15.4 Å². The van der Waals surface area contributed by atoms with Crippen molar-refractivity contribution < 1.29 is 17.9 Å². The van der Waals surface area contributed by atoms with Crippen LogP contribution in [0.4, 0.5) is 13.2 Å². The zero-order valence-electron chi connectivity index (χ0n) is 24.1. The molecule has 44 heavy (non-hydrogen) atoms. The summed E-state index contributed by atoms with van der Waals surface area (Å²) in [5, 5.41) is 6.50. The second-order valence-electron chi connectivity index (χ2n) is 9.81. The summed E-state index contributed by atoms with van der Waals surface area (Å²) in [7, 11) is 0. The second kappa shape index (κ2) is 17.2. The molecule has 5 rings (SSSR count). The molecule has 0 radical (unpaired) electrons. The van der Waals surface area contributed by atoms with Gasteiger partial charge in [0.05, 0.1) is 5.56 Å². The Morgan fingerprint density at radius 3 is 1.59 bits per heavy atom. The molecule has 2 aromatic heterocycles. The molecular formula is C35H34ClF3N4O. The van der Waals surface area contributed by atoms with Crippen LogP contribution in [-0.2, 0) is 19.3 Å². The van der Waals surface area contributed by atoms with E-state index >= 15 is 0 Å². The van der Waals surface area contributed by atoms with Crippen molar-refractivity contribution >= 4 is 11.6 Å². The lowest BCUT2D eigenvalue weighted by Crippen LogP contribution is -2.20. The van der Waals surface area contributed by atoms with Crippen molar-refractivity contribution in [3.63, 3.8) is 0 Å². The summed E-state index contributed by atoms with van der Waals surface area (Å²) in [4.78, 5) is 8.54. The molecule has 0 bridgehead atoms. The van der Waals surface area contributed by atoms with Crippen LogP contribution in [0.1, 0.15) is 16.7 Å². The number of aromatic nitrogens is 2. The average Bonchev–Trinajstić information content (AvgIpc) is 3.06. The highest BCUT2D eigenvalue weighted by Gasteiger charge is 2.30. The van der Waals surface area contributed by atoms with Gasteiger partial charge in [-0.1, -0.05) is 60.7 Å². The number of benzene rings is 3. The standard InChI is InChI=1S/C21H19F3N2O.C14H15ClN2/c22-21(23,24)19-6-8-20(9-7-19)27-11-10-25-13-16-12-18(15-26-14-16)17-4-2-1-3-5-17;15-6-7-16-9-12-8-14(11-17-10-12)13-4-2-1-3-5-13/h1-9,12,14-15,25H,10-11,13H2;1-5,8,10-11,16H,6-7,9H2. The van der Waals surface area contributed by atoms with Gasteiger partial charge >= 0.3 is 6.18 Å². The molecule has 0 unspecified atom stereocenters. The molecule has 2 heterocycles. The molecule has 5 aromatic rings. The fourth-order valence-electron chi connectivity index (χ4n) is 4.26. The zero-order valence-corrected chi connectivity index (χ0v) is 24.9. The fourth-order valence-corrected chi connectivity index (χ4v) is 4.39. The maximum atomic E-state index is 12.5. The van der Waals surface area contributed by atoms with Gasteiger partial charge in [0.2, 0.25) is 0 Å². The lowest BCUT2D eigenvalue weighted by atomic mass is 10.1. The topological polar surface area (TPSA) is 59.1 Å². The monoisotopic (exact) mass is 618 g/mol. The predicted molar refractivity (Wildman–Crippen MR) is 170 cm³/mol. The van der Waals surface area contributed by atoms with E-state index in [9.17, 15) is 13.2 Å². The summed E-state index contributed by atoms with van der Waals surface area (Å²) in [5.41, 5.74) is 6.05. The number of rotatable bonds is 12.